The van der Waals surface area contributed by atoms with Crippen molar-refractivity contribution in [2.75, 3.05) is 7.11 Å². The first kappa shape index (κ1) is 24.6. The maximum absolute atomic E-state index is 13.4. The Kier molecular flexibility index (Phi) is 7.21. The highest BCUT2D eigenvalue weighted by Crippen LogP contribution is 2.37. The maximum Gasteiger partial charge on any atom is 0.282 e. The molecule has 0 atom stereocenters. The van der Waals surface area contributed by atoms with E-state index in [1.807, 2.05) is 60.7 Å². The van der Waals surface area contributed by atoms with E-state index >= 15 is 0 Å². The van der Waals surface area contributed by atoms with E-state index in [2.05, 4.69) is 5.10 Å². The summed E-state index contributed by atoms with van der Waals surface area (Å²) in [6.07, 6.45) is 1.54. The Morgan fingerprint density at radius 1 is 0.919 bits per heavy atom. The van der Waals surface area contributed by atoms with E-state index in [4.69, 9.17) is 37.7 Å². The summed E-state index contributed by atoms with van der Waals surface area (Å²) >= 11 is 12.8. The lowest BCUT2D eigenvalue weighted by Gasteiger charge is -2.14. The molecular formula is C29H21Cl2N3O3. The quantitative estimate of drug-likeness (QED) is 0.216. The van der Waals surface area contributed by atoms with Crippen molar-refractivity contribution in [3.05, 3.63) is 123 Å². The molecule has 1 heterocycles. The van der Waals surface area contributed by atoms with Gasteiger partial charge in [-0.2, -0.15) is 9.78 Å². The molecular weight excluding hydrogens is 509 g/mol. The summed E-state index contributed by atoms with van der Waals surface area (Å²) in [4.78, 5) is 18.1. The number of nitrogens with zero attached hydrogens (tertiary/aromatic N) is 3. The predicted molar refractivity (Wildman–Crippen MR) is 148 cm³/mol. The van der Waals surface area contributed by atoms with Crippen LogP contribution in [-0.2, 0) is 6.61 Å². The Morgan fingerprint density at radius 2 is 1.65 bits per heavy atom. The predicted octanol–water partition coefficient (Wildman–Crippen LogP) is 6.84. The highest BCUT2D eigenvalue weighted by Gasteiger charge is 2.14. The fourth-order valence-electron chi connectivity index (χ4n) is 3.85. The zero-order valence-electron chi connectivity index (χ0n) is 19.8. The number of ether oxygens (including phenoxy) is 2. The van der Waals surface area contributed by atoms with Crippen LogP contribution in [0.1, 0.15) is 11.1 Å². The number of aromatic nitrogens is 2. The van der Waals surface area contributed by atoms with Crippen molar-refractivity contribution in [3.63, 3.8) is 0 Å². The number of hydrogen-bond acceptors (Lipinski definition) is 5. The molecule has 5 rings (SSSR count). The van der Waals surface area contributed by atoms with Gasteiger partial charge in [-0.3, -0.25) is 4.79 Å². The molecule has 0 amide bonds. The summed E-state index contributed by atoms with van der Waals surface area (Å²) in [6, 6.07) is 27.5. The molecule has 8 heteroatoms. The molecule has 1 aromatic heterocycles. The highest BCUT2D eigenvalue weighted by molar-refractivity contribution is 6.32. The summed E-state index contributed by atoms with van der Waals surface area (Å²) in [7, 11) is 1.53. The van der Waals surface area contributed by atoms with Gasteiger partial charge in [0, 0.05) is 16.1 Å². The van der Waals surface area contributed by atoms with E-state index in [0.717, 1.165) is 11.1 Å². The molecule has 5 aromatic rings. The molecule has 4 aromatic carbocycles. The van der Waals surface area contributed by atoms with Crippen LogP contribution >= 0.6 is 23.2 Å². The monoisotopic (exact) mass is 529 g/mol. The van der Waals surface area contributed by atoms with Gasteiger partial charge in [0.25, 0.3) is 5.56 Å². The molecule has 0 saturated carbocycles. The van der Waals surface area contributed by atoms with Crippen molar-refractivity contribution in [2.45, 2.75) is 6.61 Å². The lowest BCUT2D eigenvalue weighted by atomic mass is 10.2. The van der Waals surface area contributed by atoms with Crippen molar-refractivity contribution in [3.8, 4) is 22.9 Å². The Hall–Kier alpha value is -4.13. The SMILES string of the molecule is COc1cc(C=Nn2c(-c3ccccc3)nc3ccccc3c2=O)cc(Cl)c1OCc1ccccc1Cl. The number of benzene rings is 4. The van der Waals surface area contributed by atoms with Crippen molar-refractivity contribution in [2.24, 2.45) is 5.10 Å². The van der Waals surface area contributed by atoms with Gasteiger partial charge >= 0.3 is 0 Å². The Bertz CT molecular complexity index is 1670. The zero-order chi connectivity index (χ0) is 25.8. The lowest BCUT2D eigenvalue weighted by Crippen LogP contribution is -2.20. The van der Waals surface area contributed by atoms with Crippen molar-refractivity contribution in [1.29, 1.82) is 0 Å². The average Bonchev–Trinajstić information content (AvgIpc) is 2.93. The molecule has 0 N–H and O–H groups in total. The van der Waals surface area contributed by atoms with Crippen LogP contribution in [0.2, 0.25) is 10.0 Å². The minimum Gasteiger partial charge on any atom is -0.493 e. The molecule has 0 bridgehead atoms. The topological polar surface area (TPSA) is 65.7 Å². The number of para-hydroxylation sites is 1. The molecule has 0 radical (unpaired) electrons. The summed E-state index contributed by atoms with van der Waals surface area (Å²) in [6.45, 7) is 0.224. The van der Waals surface area contributed by atoms with Crippen molar-refractivity contribution >= 4 is 40.3 Å². The molecule has 37 heavy (non-hydrogen) atoms. The van der Waals surface area contributed by atoms with Crippen LogP contribution in [0.3, 0.4) is 0 Å². The minimum absolute atomic E-state index is 0.224. The summed E-state index contributed by atoms with van der Waals surface area (Å²) in [5.74, 6) is 1.24. The molecule has 0 spiro atoms. The molecule has 0 aliphatic rings. The first-order valence-electron chi connectivity index (χ1n) is 11.4. The molecule has 0 saturated heterocycles. The summed E-state index contributed by atoms with van der Waals surface area (Å²) < 4.78 is 12.8. The maximum atomic E-state index is 13.4. The van der Waals surface area contributed by atoms with Crippen LogP contribution in [0.4, 0.5) is 0 Å². The van der Waals surface area contributed by atoms with E-state index in [1.54, 1.807) is 30.3 Å². The van der Waals surface area contributed by atoms with Crippen LogP contribution in [0, 0.1) is 0 Å². The van der Waals surface area contributed by atoms with Crippen LogP contribution < -0.4 is 15.0 Å². The summed E-state index contributed by atoms with van der Waals surface area (Å²) in [5.41, 5.74) is 2.53. The Morgan fingerprint density at radius 3 is 2.43 bits per heavy atom. The summed E-state index contributed by atoms with van der Waals surface area (Å²) in [5, 5.41) is 5.90. The van der Waals surface area contributed by atoms with E-state index < -0.39 is 0 Å². The zero-order valence-corrected chi connectivity index (χ0v) is 21.3. The largest absolute Gasteiger partial charge is 0.493 e. The third kappa shape index (κ3) is 5.21. The molecule has 0 unspecified atom stereocenters. The van der Waals surface area contributed by atoms with Crippen LogP contribution in [0.5, 0.6) is 11.5 Å². The lowest BCUT2D eigenvalue weighted by molar-refractivity contribution is 0.285. The number of hydrogen-bond donors (Lipinski definition) is 0. The fourth-order valence-corrected chi connectivity index (χ4v) is 4.31. The number of halogens is 2. The fraction of sp³-hybridized carbons (Fsp3) is 0.0690. The van der Waals surface area contributed by atoms with Gasteiger partial charge in [-0.05, 0) is 35.9 Å². The third-order valence-electron chi connectivity index (χ3n) is 5.69. The van der Waals surface area contributed by atoms with Crippen molar-refractivity contribution in [1.82, 2.24) is 9.66 Å². The molecule has 0 aliphatic heterocycles. The minimum atomic E-state index is -0.279. The number of fused-ring (bicyclic) bond motifs is 1. The first-order chi connectivity index (χ1) is 18.0. The smallest absolute Gasteiger partial charge is 0.282 e. The second-order valence-electron chi connectivity index (χ2n) is 8.09. The van der Waals surface area contributed by atoms with Gasteiger partial charge in [0.15, 0.2) is 17.3 Å². The van der Waals surface area contributed by atoms with Crippen LogP contribution in [0.15, 0.2) is 101 Å². The van der Waals surface area contributed by atoms with Gasteiger partial charge in [-0.15, -0.1) is 0 Å². The normalized spacial score (nSPS) is 11.2. The number of methoxy groups -OCH3 is 1. The molecule has 6 nitrogen and oxygen atoms in total. The third-order valence-corrected chi connectivity index (χ3v) is 6.34. The molecule has 0 aliphatic carbocycles. The Labute approximate surface area is 223 Å². The molecule has 0 fully saturated rings. The molecule has 184 valence electrons. The highest BCUT2D eigenvalue weighted by atomic mass is 35.5. The van der Waals surface area contributed by atoms with E-state index in [9.17, 15) is 4.79 Å². The van der Waals surface area contributed by atoms with Crippen LogP contribution in [0.25, 0.3) is 22.3 Å². The van der Waals surface area contributed by atoms with Gasteiger partial charge in [0.1, 0.15) is 6.61 Å². The standard InChI is InChI=1S/C29H21Cl2N3O3/c1-36-26-16-19(15-24(31)27(26)37-18-21-11-5-7-13-23(21)30)17-32-34-28(20-9-3-2-4-10-20)33-25-14-8-6-12-22(25)29(34)35/h2-17H,18H2,1H3. The van der Waals surface area contributed by atoms with Gasteiger partial charge in [-0.1, -0.05) is 83.9 Å². The van der Waals surface area contributed by atoms with Crippen LogP contribution in [-0.4, -0.2) is 23.0 Å². The van der Waals surface area contributed by atoms with Crippen molar-refractivity contribution < 1.29 is 9.47 Å². The number of rotatable bonds is 7. The van der Waals surface area contributed by atoms with E-state index in [0.29, 0.717) is 43.8 Å². The van der Waals surface area contributed by atoms with Gasteiger partial charge in [0.2, 0.25) is 0 Å². The average molecular weight is 530 g/mol. The second kappa shape index (κ2) is 10.9. The van der Waals surface area contributed by atoms with Gasteiger partial charge in [0.05, 0.1) is 29.2 Å². The van der Waals surface area contributed by atoms with E-state index in [-0.39, 0.29) is 12.2 Å². The second-order valence-corrected chi connectivity index (χ2v) is 8.91. The Balaban J connectivity index is 1.52. The van der Waals surface area contributed by atoms with Gasteiger partial charge < -0.3 is 9.47 Å². The van der Waals surface area contributed by atoms with E-state index in [1.165, 1.54) is 18.0 Å². The van der Waals surface area contributed by atoms with Gasteiger partial charge in [-0.25, -0.2) is 4.98 Å². The first-order valence-corrected chi connectivity index (χ1v) is 12.2.